The highest BCUT2D eigenvalue weighted by Crippen LogP contribution is 2.26. The molecule has 1 saturated carbocycles. The van der Waals surface area contributed by atoms with Gasteiger partial charge in [-0.05, 0) is 87.1 Å². The number of ether oxygens (including phenoxy) is 1. The third kappa shape index (κ3) is 4.72. The number of nitrogens with zero attached hydrogens (tertiary/aromatic N) is 1. The van der Waals surface area contributed by atoms with E-state index in [-0.39, 0.29) is 11.7 Å². The van der Waals surface area contributed by atoms with E-state index in [2.05, 4.69) is 5.32 Å². The van der Waals surface area contributed by atoms with Gasteiger partial charge in [0.2, 0.25) is 10.0 Å². The van der Waals surface area contributed by atoms with Gasteiger partial charge in [-0.3, -0.25) is 9.10 Å². The Hall–Kier alpha value is -2.54. The van der Waals surface area contributed by atoms with Crippen LogP contribution in [0.2, 0.25) is 0 Å². The smallest absolute Gasteiger partial charge is 0.255 e. The summed E-state index contributed by atoms with van der Waals surface area (Å²) >= 11 is 0. The molecule has 154 valence electrons. The number of carbonyl (C=O) groups is 1. The first-order valence-corrected chi connectivity index (χ1v) is 11.8. The van der Waals surface area contributed by atoms with Crippen LogP contribution in [0, 0.1) is 0 Å². The molecule has 0 spiro atoms. The van der Waals surface area contributed by atoms with E-state index in [4.69, 9.17) is 4.74 Å². The maximum atomic E-state index is 12.5. The first kappa shape index (κ1) is 19.8. The van der Waals surface area contributed by atoms with E-state index in [9.17, 15) is 13.2 Å². The van der Waals surface area contributed by atoms with Crippen molar-refractivity contribution in [3.8, 4) is 5.75 Å². The lowest BCUT2D eigenvalue weighted by Gasteiger charge is -2.28. The number of anilines is 2. The van der Waals surface area contributed by atoms with Gasteiger partial charge in [0.25, 0.3) is 5.91 Å². The van der Waals surface area contributed by atoms with Gasteiger partial charge >= 0.3 is 0 Å². The average Bonchev–Trinajstić information content (AvgIpc) is 3.22. The number of sulfonamides is 1. The molecule has 0 bridgehead atoms. The Kier molecular flexibility index (Phi) is 5.76. The predicted octanol–water partition coefficient (Wildman–Crippen LogP) is 4.19. The molecule has 0 atom stereocenters. The number of nitrogens with one attached hydrogen (secondary N) is 1. The van der Waals surface area contributed by atoms with Crippen LogP contribution >= 0.6 is 0 Å². The molecule has 29 heavy (non-hydrogen) atoms. The van der Waals surface area contributed by atoms with Crippen LogP contribution in [0.25, 0.3) is 0 Å². The number of carbonyl (C=O) groups excluding carboxylic acids is 1. The Labute approximate surface area is 171 Å². The molecular weight excluding hydrogens is 388 g/mol. The van der Waals surface area contributed by atoms with Gasteiger partial charge in [-0.25, -0.2) is 8.42 Å². The van der Waals surface area contributed by atoms with Gasteiger partial charge in [0.05, 0.1) is 17.5 Å². The fraction of sp³-hybridized carbons (Fsp3) is 0.409. The van der Waals surface area contributed by atoms with Crippen molar-refractivity contribution in [2.24, 2.45) is 0 Å². The van der Waals surface area contributed by atoms with Crippen molar-refractivity contribution < 1.29 is 17.9 Å². The molecule has 0 radical (unpaired) electrons. The van der Waals surface area contributed by atoms with Gasteiger partial charge in [-0.15, -0.1) is 0 Å². The van der Waals surface area contributed by atoms with Gasteiger partial charge in [-0.2, -0.15) is 0 Å². The Morgan fingerprint density at radius 1 is 0.931 bits per heavy atom. The molecule has 2 aromatic rings. The van der Waals surface area contributed by atoms with E-state index in [1.54, 1.807) is 24.3 Å². The van der Waals surface area contributed by atoms with E-state index in [1.165, 1.54) is 17.1 Å². The van der Waals surface area contributed by atoms with Crippen LogP contribution in [-0.4, -0.2) is 32.7 Å². The summed E-state index contributed by atoms with van der Waals surface area (Å²) in [5.74, 6) is 0.764. The summed E-state index contributed by atoms with van der Waals surface area (Å²) < 4.78 is 31.8. The highest BCUT2D eigenvalue weighted by atomic mass is 32.2. The minimum atomic E-state index is -3.25. The number of hydrogen-bond donors (Lipinski definition) is 1. The zero-order chi connectivity index (χ0) is 20.3. The fourth-order valence-electron chi connectivity index (χ4n) is 3.88. The van der Waals surface area contributed by atoms with E-state index in [0.29, 0.717) is 36.0 Å². The van der Waals surface area contributed by atoms with Crippen LogP contribution in [0.5, 0.6) is 5.75 Å². The summed E-state index contributed by atoms with van der Waals surface area (Å²) in [6, 6.07) is 14.1. The van der Waals surface area contributed by atoms with Crippen molar-refractivity contribution >= 4 is 27.3 Å². The van der Waals surface area contributed by atoms with Crippen LogP contribution < -0.4 is 14.4 Å². The monoisotopic (exact) mass is 414 g/mol. The van der Waals surface area contributed by atoms with E-state index in [1.807, 2.05) is 24.3 Å². The van der Waals surface area contributed by atoms with Crippen molar-refractivity contribution in [2.75, 3.05) is 21.9 Å². The summed E-state index contributed by atoms with van der Waals surface area (Å²) in [6.45, 7) is 0.489. The van der Waals surface area contributed by atoms with Crippen LogP contribution in [0.15, 0.2) is 48.5 Å². The molecule has 0 unspecified atom stereocenters. The van der Waals surface area contributed by atoms with Gasteiger partial charge in [-0.1, -0.05) is 0 Å². The van der Waals surface area contributed by atoms with Crippen LogP contribution in [0.1, 0.15) is 48.9 Å². The fourth-order valence-corrected chi connectivity index (χ4v) is 5.52. The summed E-state index contributed by atoms with van der Waals surface area (Å²) in [7, 11) is -3.25. The second kappa shape index (κ2) is 8.45. The number of hydrogen-bond acceptors (Lipinski definition) is 4. The molecule has 1 heterocycles. The molecule has 1 aliphatic carbocycles. The number of rotatable bonds is 5. The largest absolute Gasteiger partial charge is 0.490 e. The lowest BCUT2D eigenvalue weighted by Crippen LogP contribution is -2.37. The Morgan fingerprint density at radius 3 is 2.28 bits per heavy atom. The summed E-state index contributed by atoms with van der Waals surface area (Å²) in [4.78, 5) is 12.5. The van der Waals surface area contributed by atoms with E-state index >= 15 is 0 Å². The first-order valence-electron chi connectivity index (χ1n) is 10.2. The summed E-state index contributed by atoms with van der Waals surface area (Å²) in [5, 5.41) is 2.87. The standard InChI is InChI=1S/C22H26N2O4S/c25-22(23-18-9-13-21(14-10-18)28-20-5-1-2-6-20)17-7-11-19(12-8-17)24-15-3-4-16-29(24,26)27/h7-14,20H,1-6,15-16H2,(H,23,25). The summed E-state index contributed by atoms with van der Waals surface area (Å²) in [5.41, 5.74) is 1.78. The molecule has 1 N–H and O–H groups in total. The maximum Gasteiger partial charge on any atom is 0.255 e. The molecule has 2 aromatic carbocycles. The Balaban J connectivity index is 1.38. The van der Waals surface area contributed by atoms with Gasteiger partial charge in [0.1, 0.15) is 5.75 Å². The van der Waals surface area contributed by atoms with Crippen molar-refractivity contribution in [1.29, 1.82) is 0 Å². The molecular formula is C22H26N2O4S. The Morgan fingerprint density at radius 2 is 1.62 bits per heavy atom. The SMILES string of the molecule is O=C(Nc1ccc(OC2CCCC2)cc1)c1ccc(N2CCCCS2(=O)=O)cc1. The molecule has 2 fully saturated rings. The van der Waals surface area contributed by atoms with E-state index in [0.717, 1.165) is 25.0 Å². The first-order chi connectivity index (χ1) is 14.0. The topological polar surface area (TPSA) is 75.7 Å². The van der Waals surface area contributed by atoms with E-state index < -0.39 is 10.0 Å². The van der Waals surface area contributed by atoms with Gasteiger partial charge in [0.15, 0.2) is 0 Å². The summed E-state index contributed by atoms with van der Waals surface area (Å²) in [6.07, 6.45) is 6.51. The molecule has 7 heteroatoms. The molecule has 6 nitrogen and oxygen atoms in total. The highest BCUT2D eigenvalue weighted by Gasteiger charge is 2.26. The second-order valence-electron chi connectivity index (χ2n) is 7.64. The van der Waals surface area contributed by atoms with Crippen LogP contribution in [-0.2, 0) is 10.0 Å². The zero-order valence-corrected chi connectivity index (χ0v) is 17.2. The second-order valence-corrected chi connectivity index (χ2v) is 9.66. The predicted molar refractivity (Wildman–Crippen MR) is 114 cm³/mol. The molecule has 1 amide bonds. The van der Waals surface area contributed by atoms with Crippen molar-refractivity contribution in [3.63, 3.8) is 0 Å². The lowest BCUT2D eigenvalue weighted by atomic mass is 10.2. The molecule has 1 saturated heterocycles. The Bertz CT molecular complexity index is 949. The zero-order valence-electron chi connectivity index (χ0n) is 16.3. The molecule has 2 aliphatic rings. The highest BCUT2D eigenvalue weighted by molar-refractivity contribution is 7.92. The molecule has 4 rings (SSSR count). The third-order valence-electron chi connectivity index (χ3n) is 5.48. The van der Waals surface area contributed by atoms with Crippen molar-refractivity contribution in [1.82, 2.24) is 0 Å². The third-order valence-corrected chi connectivity index (χ3v) is 7.35. The lowest BCUT2D eigenvalue weighted by molar-refractivity contribution is 0.102. The molecule has 0 aromatic heterocycles. The van der Waals surface area contributed by atoms with Crippen molar-refractivity contribution in [3.05, 3.63) is 54.1 Å². The molecule has 1 aliphatic heterocycles. The quantitative estimate of drug-likeness (QED) is 0.796. The van der Waals surface area contributed by atoms with Gasteiger partial charge in [0, 0.05) is 17.8 Å². The van der Waals surface area contributed by atoms with Crippen LogP contribution in [0.4, 0.5) is 11.4 Å². The van der Waals surface area contributed by atoms with Crippen LogP contribution in [0.3, 0.4) is 0 Å². The normalized spacial score (nSPS) is 19.1. The minimum Gasteiger partial charge on any atom is -0.490 e. The minimum absolute atomic E-state index is 0.176. The average molecular weight is 415 g/mol. The van der Waals surface area contributed by atoms with Crippen molar-refractivity contribution in [2.45, 2.75) is 44.6 Å². The van der Waals surface area contributed by atoms with Gasteiger partial charge < -0.3 is 10.1 Å². The maximum absolute atomic E-state index is 12.5. The number of amides is 1. The number of benzene rings is 2.